The summed E-state index contributed by atoms with van der Waals surface area (Å²) < 4.78 is 77.9. The first-order chi connectivity index (χ1) is 8.62. The molecule has 2 N–H and O–H groups in total. The van der Waals surface area contributed by atoms with Crippen LogP contribution in [0, 0.1) is 0 Å². The molecule has 1 nitrogen and oxygen atoms in total. The minimum absolute atomic E-state index is 0.201. The second kappa shape index (κ2) is 7.36. The smallest absolute Gasteiger partial charge is 0.325 e. The maximum atomic E-state index is 13.2. The normalized spacial score (nSPS) is 13.9. The number of unbranched alkanes of at least 4 members (excludes halogenated alkanes) is 5. The molecule has 0 amide bonds. The lowest BCUT2D eigenvalue weighted by Gasteiger charge is -2.32. The summed E-state index contributed by atoms with van der Waals surface area (Å²) in [6.45, 7) is 0.176. The standard InChI is InChI=1S/C12H21F6N/c1-2-3-4-5-6-7-8-10(13,14)12(17,18)11(15,16)9-19/h2-9,19H2,1H3. The predicted molar refractivity (Wildman–Crippen MR) is 61.9 cm³/mol. The van der Waals surface area contributed by atoms with Crippen molar-refractivity contribution in [1.29, 1.82) is 0 Å². The number of halogens is 6. The molecule has 0 aromatic carbocycles. The Kier molecular flexibility index (Phi) is 7.18. The number of rotatable bonds is 10. The van der Waals surface area contributed by atoms with Gasteiger partial charge in [-0.15, -0.1) is 0 Å². The van der Waals surface area contributed by atoms with Gasteiger partial charge in [0.1, 0.15) is 0 Å². The summed E-state index contributed by atoms with van der Waals surface area (Å²) in [5.41, 5.74) is 4.44. The fraction of sp³-hybridized carbons (Fsp3) is 1.00. The third-order valence-electron chi connectivity index (χ3n) is 3.02. The second-order valence-electron chi connectivity index (χ2n) is 4.71. The molecule has 0 aliphatic rings. The average molecular weight is 293 g/mol. The molecule has 0 aliphatic carbocycles. The van der Waals surface area contributed by atoms with Crippen LogP contribution in [0.1, 0.15) is 51.9 Å². The van der Waals surface area contributed by atoms with E-state index in [4.69, 9.17) is 0 Å². The SMILES string of the molecule is CCCCCCCCC(F)(F)C(F)(F)C(F)(F)CN. The van der Waals surface area contributed by atoms with E-state index in [0.717, 1.165) is 19.3 Å². The Labute approximate surface area is 109 Å². The van der Waals surface area contributed by atoms with E-state index in [1.54, 1.807) is 0 Å². The molecule has 0 fully saturated rings. The molecule has 0 rings (SSSR count). The summed E-state index contributed by atoms with van der Waals surface area (Å²) in [4.78, 5) is 0. The van der Waals surface area contributed by atoms with E-state index >= 15 is 0 Å². The minimum atomic E-state index is -5.40. The van der Waals surface area contributed by atoms with Crippen molar-refractivity contribution in [3.8, 4) is 0 Å². The lowest BCUT2D eigenvalue weighted by atomic mass is 9.98. The van der Waals surface area contributed by atoms with E-state index in [1.807, 2.05) is 6.92 Å². The van der Waals surface area contributed by atoms with Crippen LogP contribution in [0.15, 0.2) is 0 Å². The number of nitrogens with two attached hydrogens (primary N) is 1. The van der Waals surface area contributed by atoms with Crippen molar-refractivity contribution in [1.82, 2.24) is 0 Å². The van der Waals surface area contributed by atoms with Crippen molar-refractivity contribution in [3.63, 3.8) is 0 Å². The maximum absolute atomic E-state index is 13.2. The van der Waals surface area contributed by atoms with E-state index in [1.165, 1.54) is 0 Å². The molecular weight excluding hydrogens is 272 g/mol. The van der Waals surface area contributed by atoms with E-state index in [2.05, 4.69) is 5.73 Å². The molecule has 0 heterocycles. The number of hydrogen-bond donors (Lipinski definition) is 1. The van der Waals surface area contributed by atoms with Crippen molar-refractivity contribution in [2.24, 2.45) is 5.73 Å². The molecule has 116 valence electrons. The van der Waals surface area contributed by atoms with E-state index in [9.17, 15) is 26.3 Å². The highest BCUT2D eigenvalue weighted by molar-refractivity contribution is 4.96. The van der Waals surface area contributed by atoms with Crippen molar-refractivity contribution in [2.75, 3.05) is 6.54 Å². The summed E-state index contributed by atoms with van der Waals surface area (Å²) in [6, 6.07) is 0. The summed E-state index contributed by atoms with van der Waals surface area (Å²) in [5, 5.41) is 0. The van der Waals surface area contributed by atoms with Gasteiger partial charge in [-0.3, -0.25) is 0 Å². The first-order valence-corrected chi connectivity index (χ1v) is 6.46. The van der Waals surface area contributed by atoms with Gasteiger partial charge >= 0.3 is 17.8 Å². The zero-order chi connectivity index (χ0) is 15.2. The van der Waals surface area contributed by atoms with Gasteiger partial charge < -0.3 is 5.73 Å². The maximum Gasteiger partial charge on any atom is 0.373 e. The Morgan fingerprint density at radius 1 is 0.737 bits per heavy atom. The van der Waals surface area contributed by atoms with E-state index in [0.29, 0.717) is 12.8 Å². The van der Waals surface area contributed by atoms with Gasteiger partial charge in [0.25, 0.3) is 0 Å². The van der Waals surface area contributed by atoms with Gasteiger partial charge in [0.05, 0.1) is 6.54 Å². The molecule has 0 aliphatic heterocycles. The van der Waals surface area contributed by atoms with Gasteiger partial charge in [-0.2, -0.15) is 26.3 Å². The average Bonchev–Trinajstić information content (AvgIpc) is 2.33. The molecule has 0 unspecified atom stereocenters. The van der Waals surface area contributed by atoms with Crippen LogP contribution in [0.25, 0.3) is 0 Å². The van der Waals surface area contributed by atoms with Crippen LogP contribution in [0.4, 0.5) is 26.3 Å². The number of hydrogen-bond acceptors (Lipinski definition) is 1. The zero-order valence-corrected chi connectivity index (χ0v) is 11.0. The van der Waals surface area contributed by atoms with Crippen LogP contribution >= 0.6 is 0 Å². The number of alkyl halides is 6. The first-order valence-electron chi connectivity index (χ1n) is 6.46. The van der Waals surface area contributed by atoms with Gasteiger partial charge in [0.15, 0.2) is 0 Å². The molecule has 0 saturated heterocycles. The third-order valence-corrected chi connectivity index (χ3v) is 3.02. The van der Waals surface area contributed by atoms with Crippen molar-refractivity contribution in [2.45, 2.75) is 69.6 Å². The first kappa shape index (κ1) is 18.5. The Bertz CT molecular complexity index is 255. The molecule has 7 heteroatoms. The van der Waals surface area contributed by atoms with Gasteiger partial charge in [-0.1, -0.05) is 39.0 Å². The van der Waals surface area contributed by atoms with Crippen molar-refractivity contribution >= 4 is 0 Å². The quantitative estimate of drug-likeness (QED) is 0.462. The summed E-state index contributed by atoms with van der Waals surface area (Å²) in [6.07, 6.45) is 2.27. The molecular formula is C12H21F6N. The monoisotopic (exact) mass is 293 g/mol. The van der Waals surface area contributed by atoms with E-state index < -0.39 is 30.7 Å². The highest BCUT2D eigenvalue weighted by atomic mass is 19.3. The lowest BCUT2D eigenvalue weighted by Crippen LogP contribution is -2.57. The summed E-state index contributed by atoms with van der Waals surface area (Å²) in [5.74, 6) is -15.0. The van der Waals surface area contributed by atoms with Gasteiger partial charge in [-0.05, 0) is 6.42 Å². The molecule has 0 bridgehead atoms. The van der Waals surface area contributed by atoms with Crippen molar-refractivity contribution < 1.29 is 26.3 Å². The third kappa shape index (κ3) is 4.85. The fourth-order valence-corrected chi connectivity index (χ4v) is 1.68. The largest absolute Gasteiger partial charge is 0.373 e. The molecule has 0 atom stereocenters. The Hall–Kier alpha value is -0.460. The van der Waals surface area contributed by atoms with Crippen LogP contribution < -0.4 is 5.73 Å². The zero-order valence-electron chi connectivity index (χ0n) is 11.0. The van der Waals surface area contributed by atoms with Crippen LogP contribution in [-0.4, -0.2) is 24.3 Å². The topological polar surface area (TPSA) is 26.0 Å². The molecule has 0 radical (unpaired) electrons. The van der Waals surface area contributed by atoms with Gasteiger partial charge in [0.2, 0.25) is 0 Å². The van der Waals surface area contributed by atoms with Crippen LogP contribution in [0.2, 0.25) is 0 Å². The molecule has 0 aromatic rings. The summed E-state index contributed by atoms with van der Waals surface area (Å²) >= 11 is 0. The van der Waals surface area contributed by atoms with Crippen LogP contribution in [0.3, 0.4) is 0 Å². The molecule has 0 saturated carbocycles. The van der Waals surface area contributed by atoms with Gasteiger partial charge in [-0.25, -0.2) is 0 Å². The van der Waals surface area contributed by atoms with Crippen molar-refractivity contribution in [3.05, 3.63) is 0 Å². The van der Waals surface area contributed by atoms with Crippen LogP contribution in [0.5, 0.6) is 0 Å². The second-order valence-corrected chi connectivity index (χ2v) is 4.71. The Morgan fingerprint density at radius 2 is 1.21 bits per heavy atom. The highest BCUT2D eigenvalue weighted by Crippen LogP contribution is 2.47. The fourth-order valence-electron chi connectivity index (χ4n) is 1.68. The highest BCUT2D eigenvalue weighted by Gasteiger charge is 2.70. The summed E-state index contributed by atoms with van der Waals surface area (Å²) in [7, 11) is 0. The van der Waals surface area contributed by atoms with Crippen LogP contribution in [-0.2, 0) is 0 Å². The molecule has 19 heavy (non-hydrogen) atoms. The van der Waals surface area contributed by atoms with E-state index in [-0.39, 0.29) is 6.42 Å². The Morgan fingerprint density at radius 3 is 1.68 bits per heavy atom. The Balaban J connectivity index is 4.30. The molecule has 0 aromatic heterocycles. The minimum Gasteiger partial charge on any atom is -0.325 e. The molecule has 0 spiro atoms. The predicted octanol–water partition coefficient (Wildman–Crippen LogP) is 4.60. The lowest BCUT2D eigenvalue weighted by molar-refractivity contribution is -0.306. The van der Waals surface area contributed by atoms with Gasteiger partial charge in [0, 0.05) is 6.42 Å².